The largest absolute Gasteiger partial charge is 0.478 e. The van der Waals surface area contributed by atoms with Crippen molar-refractivity contribution in [3.8, 4) is 22.8 Å². The van der Waals surface area contributed by atoms with Crippen LogP contribution in [0.15, 0.2) is 85.1 Å². The monoisotopic (exact) mass is 399 g/mol. The van der Waals surface area contributed by atoms with Gasteiger partial charge in [-0.1, -0.05) is 48.5 Å². The summed E-state index contributed by atoms with van der Waals surface area (Å²) in [5, 5.41) is 19.0. The summed E-state index contributed by atoms with van der Waals surface area (Å²) in [5.74, 6) is -0.648. The lowest BCUT2D eigenvalue weighted by molar-refractivity contribution is 0.0698. The molecule has 3 N–H and O–H groups in total. The molecule has 0 fully saturated rings. The maximum atomic E-state index is 12.9. The van der Waals surface area contributed by atoms with Crippen molar-refractivity contribution in [3.63, 3.8) is 0 Å². The number of nitrogens with zero attached hydrogens (tertiary/aromatic N) is 1. The third kappa shape index (κ3) is 4.05. The third-order valence-corrected chi connectivity index (χ3v) is 4.39. The van der Waals surface area contributed by atoms with Gasteiger partial charge in [-0.2, -0.15) is 5.10 Å². The number of hydrogen-bond acceptors (Lipinski definition) is 4. The maximum absolute atomic E-state index is 12.9. The molecule has 4 rings (SSSR count). The number of hydrogen-bond donors (Lipinski definition) is 3. The molecule has 7 nitrogen and oxygen atoms in total. The van der Waals surface area contributed by atoms with Gasteiger partial charge in [0.15, 0.2) is 0 Å². The first-order valence-electron chi connectivity index (χ1n) is 9.12. The Bertz CT molecular complexity index is 1190. The third-order valence-electron chi connectivity index (χ3n) is 4.39. The molecule has 7 heteroatoms. The van der Waals surface area contributed by atoms with Crippen LogP contribution in [0.4, 0.5) is 5.69 Å². The van der Waals surface area contributed by atoms with E-state index in [1.54, 1.807) is 18.2 Å². The molecular formula is C23H17N3O4. The van der Waals surface area contributed by atoms with Crippen LogP contribution in [0.5, 0.6) is 11.5 Å². The zero-order chi connectivity index (χ0) is 20.9. The molecule has 0 saturated carbocycles. The van der Waals surface area contributed by atoms with Crippen molar-refractivity contribution in [1.82, 2.24) is 10.2 Å². The number of aromatic amines is 1. The van der Waals surface area contributed by atoms with Crippen LogP contribution < -0.4 is 10.1 Å². The van der Waals surface area contributed by atoms with Gasteiger partial charge in [0.2, 0.25) is 0 Å². The minimum atomic E-state index is -1.16. The molecule has 1 heterocycles. The average molecular weight is 399 g/mol. The van der Waals surface area contributed by atoms with Gasteiger partial charge in [0.25, 0.3) is 5.91 Å². The SMILES string of the molecule is O=C(O)c1ccc(Oc2ccccc2)cc1NC(=O)c1cn[nH]c1-c1ccccc1. The summed E-state index contributed by atoms with van der Waals surface area (Å²) in [4.78, 5) is 24.5. The minimum absolute atomic E-state index is 0.0477. The molecule has 1 aromatic heterocycles. The lowest BCUT2D eigenvalue weighted by atomic mass is 10.1. The topological polar surface area (TPSA) is 104 Å². The molecule has 0 saturated heterocycles. The molecule has 0 aliphatic carbocycles. The molecule has 0 aliphatic rings. The van der Waals surface area contributed by atoms with E-state index in [9.17, 15) is 14.7 Å². The summed E-state index contributed by atoms with van der Waals surface area (Å²) < 4.78 is 5.76. The Morgan fingerprint density at radius 1 is 0.867 bits per heavy atom. The second-order valence-corrected chi connectivity index (χ2v) is 6.41. The molecule has 0 atom stereocenters. The van der Waals surface area contributed by atoms with E-state index in [0.29, 0.717) is 22.8 Å². The number of para-hydroxylation sites is 1. The van der Waals surface area contributed by atoms with Crippen LogP contribution in [0, 0.1) is 0 Å². The molecule has 1 amide bonds. The fraction of sp³-hybridized carbons (Fsp3) is 0. The number of ether oxygens (including phenoxy) is 1. The van der Waals surface area contributed by atoms with Crippen molar-refractivity contribution in [2.45, 2.75) is 0 Å². The van der Waals surface area contributed by atoms with Crippen LogP contribution in [0.25, 0.3) is 11.3 Å². The smallest absolute Gasteiger partial charge is 0.337 e. The van der Waals surface area contributed by atoms with Gasteiger partial charge in [0.1, 0.15) is 11.5 Å². The van der Waals surface area contributed by atoms with Crippen LogP contribution in [0.3, 0.4) is 0 Å². The van der Waals surface area contributed by atoms with E-state index >= 15 is 0 Å². The first-order chi connectivity index (χ1) is 14.6. The molecule has 0 aliphatic heterocycles. The number of H-pyrrole nitrogens is 1. The zero-order valence-electron chi connectivity index (χ0n) is 15.7. The van der Waals surface area contributed by atoms with Crippen LogP contribution in [-0.4, -0.2) is 27.2 Å². The van der Waals surface area contributed by atoms with E-state index in [0.717, 1.165) is 5.56 Å². The van der Waals surface area contributed by atoms with Gasteiger partial charge in [0, 0.05) is 11.6 Å². The molecule has 4 aromatic rings. The highest BCUT2D eigenvalue weighted by molar-refractivity contribution is 6.10. The summed E-state index contributed by atoms with van der Waals surface area (Å²) in [6.07, 6.45) is 1.41. The Morgan fingerprint density at radius 3 is 2.27 bits per heavy atom. The number of amides is 1. The Labute approximate surface area is 172 Å². The number of rotatable bonds is 6. The highest BCUT2D eigenvalue weighted by Crippen LogP contribution is 2.28. The van der Waals surface area contributed by atoms with Gasteiger partial charge in [-0.05, 0) is 24.3 Å². The molecular weight excluding hydrogens is 382 g/mol. The summed E-state index contributed by atoms with van der Waals surface area (Å²) in [6.45, 7) is 0. The molecule has 3 aromatic carbocycles. The van der Waals surface area contributed by atoms with Crippen molar-refractivity contribution >= 4 is 17.6 Å². The van der Waals surface area contributed by atoms with E-state index < -0.39 is 11.9 Å². The lowest BCUT2D eigenvalue weighted by Gasteiger charge is -2.12. The number of carboxylic acids is 1. The Balaban J connectivity index is 1.64. The van der Waals surface area contributed by atoms with E-state index in [2.05, 4.69) is 15.5 Å². The fourth-order valence-corrected chi connectivity index (χ4v) is 2.97. The number of aromatic nitrogens is 2. The van der Waals surface area contributed by atoms with Crippen molar-refractivity contribution in [2.24, 2.45) is 0 Å². The number of aromatic carboxylic acids is 1. The Morgan fingerprint density at radius 2 is 1.57 bits per heavy atom. The number of anilines is 1. The van der Waals surface area contributed by atoms with Gasteiger partial charge in [-0.15, -0.1) is 0 Å². The molecule has 0 bridgehead atoms. The average Bonchev–Trinajstić information content (AvgIpc) is 3.25. The first-order valence-corrected chi connectivity index (χ1v) is 9.12. The van der Waals surface area contributed by atoms with E-state index in [1.165, 1.54) is 18.3 Å². The number of carbonyl (C=O) groups excluding carboxylic acids is 1. The van der Waals surface area contributed by atoms with E-state index in [4.69, 9.17) is 4.74 Å². The Hall–Kier alpha value is -4.39. The number of benzene rings is 3. The van der Waals surface area contributed by atoms with Gasteiger partial charge in [0.05, 0.1) is 28.7 Å². The molecule has 0 unspecified atom stereocenters. The summed E-state index contributed by atoms with van der Waals surface area (Å²) in [6, 6.07) is 22.8. The highest BCUT2D eigenvalue weighted by atomic mass is 16.5. The van der Waals surface area contributed by atoms with Gasteiger partial charge < -0.3 is 15.2 Å². The minimum Gasteiger partial charge on any atom is -0.478 e. The first kappa shape index (κ1) is 18.9. The summed E-state index contributed by atoms with van der Waals surface area (Å²) >= 11 is 0. The van der Waals surface area contributed by atoms with Crippen molar-refractivity contribution < 1.29 is 19.4 Å². The Kier molecular flexibility index (Phi) is 5.25. The zero-order valence-corrected chi connectivity index (χ0v) is 15.7. The standard InChI is InChI=1S/C23H17N3O4/c27-22(19-14-24-26-21(19)15-7-3-1-4-8-15)25-20-13-17(11-12-18(20)23(28)29)30-16-9-5-2-6-10-16/h1-14H,(H,24,26)(H,25,27)(H,28,29). The van der Waals surface area contributed by atoms with Crippen molar-refractivity contribution in [1.29, 1.82) is 0 Å². The van der Waals surface area contributed by atoms with Crippen molar-refractivity contribution in [3.05, 3.63) is 96.2 Å². The van der Waals surface area contributed by atoms with Gasteiger partial charge in [-0.3, -0.25) is 9.89 Å². The predicted molar refractivity (Wildman–Crippen MR) is 112 cm³/mol. The molecule has 0 spiro atoms. The van der Waals surface area contributed by atoms with Crippen molar-refractivity contribution in [2.75, 3.05) is 5.32 Å². The molecule has 0 radical (unpaired) electrons. The van der Waals surface area contributed by atoms with Crippen LogP contribution in [0.1, 0.15) is 20.7 Å². The predicted octanol–water partition coefficient (Wildman–Crippen LogP) is 4.82. The summed E-state index contributed by atoms with van der Waals surface area (Å²) in [7, 11) is 0. The van der Waals surface area contributed by atoms with Crippen LogP contribution in [-0.2, 0) is 0 Å². The fourth-order valence-electron chi connectivity index (χ4n) is 2.97. The molecule has 148 valence electrons. The highest BCUT2D eigenvalue weighted by Gasteiger charge is 2.19. The molecule has 30 heavy (non-hydrogen) atoms. The van der Waals surface area contributed by atoms with Crippen LogP contribution in [0.2, 0.25) is 0 Å². The second kappa shape index (κ2) is 8.32. The second-order valence-electron chi connectivity index (χ2n) is 6.41. The quantitative estimate of drug-likeness (QED) is 0.431. The number of carbonyl (C=O) groups is 2. The maximum Gasteiger partial charge on any atom is 0.337 e. The lowest BCUT2D eigenvalue weighted by Crippen LogP contribution is -2.15. The van der Waals surface area contributed by atoms with Gasteiger partial charge in [-0.25, -0.2) is 4.79 Å². The van der Waals surface area contributed by atoms with Crippen LogP contribution >= 0.6 is 0 Å². The van der Waals surface area contributed by atoms with Gasteiger partial charge >= 0.3 is 5.97 Å². The van der Waals surface area contributed by atoms with E-state index in [1.807, 2.05) is 48.5 Å². The summed E-state index contributed by atoms with van der Waals surface area (Å²) in [5.41, 5.74) is 1.71. The number of nitrogens with one attached hydrogen (secondary N) is 2. The number of carboxylic acid groups (broad SMARTS) is 1. The normalized spacial score (nSPS) is 10.4. The van der Waals surface area contributed by atoms with E-state index in [-0.39, 0.29) is 11.3 Å².